The summed E-state index contributed by atoms with van der Waals surface area (Å²) < 4.78 is 10.8. The zero-order valence-corrected chi connectivity index (χ0v) is 15.6. The highest BCUT2D eigenvalue weighted by atomic mass is 35.5. The van der Waals surface area contributed by atoms with Gasteiger partial charge in [0.15, 0.2) is 18.0 Å². The third-order valence-electron chi connectivity index (χ3n) is 4.41. The van der Waals surface area contributed by atoms with Gasteiger partial charge in [-0.2, -0.15) is 4.98 Å². The zero-order valence-electron chi connectivity index (χ0n) is 14.8. The lowest BCUT2D eigenvalue weighted by molar-refractivity contribution is -0.113. The maximum absolute atomic E-state index is 10.7. The van der Waals surface area contributed by atoms with E-state index in [1.54, 1.807) is 13.0 Å². The number of anilines is 1. The maximum atomic E-state index is 10.7. The first-order valence-corrected chi connectivity index (χ1v) is 9.13. The van der Waals surface area contributed by atoms with Gasteiger partial charge in [-0.25, -0.2) is 4.98 Å². The molecule has 140 valence electrons. The number of aldehydes is 1. The predicted molar refractivity (Wildman–Crippen MR) is 104 cm³/mol. The summed E-state index contributed by atoms with van der Waals surface area (Å²) in [4.78, 5) is 24.9. The highest BCUT2D eigenvalue weighted by Crippen LogP contribution is 2.31. The Morgan fingerprint density at radius 3 is 2.70 bits per heavy atom. The second-order valence-electron chi connectivity index (χ2n) is 6.34. The second-order valence-corrected chi connectivity index (χ2v) is 6.74. The Morgan fingerprint density at radius 1 is 1.26 bits per heavy atom. The molecule has 7 nitrogen and oxygen atoms in total. The minimum Gasteiger partial charge on any atom is -0.454 e. The molecule has 1 unspecified atom stereocenters. The smallest absolute Gasteiger partial charge is 0.296 e. The zero-order chi connectivity index (χ0) is 18.8. The highest BCUT2D eigenvalue weighted by molar-refractivity contribution is 6.33. The van der Waals surface area contributed by atoms with Crippen molar-refractivity contribution < 1.29 is 14.3 Å². The number of carbonyl (C=O) groups is 1. The van der Waals surface area contributed by atoms with E-state index >= 15 is 0 Å². The van der Waals surface area contributed by atoms with Crippen molar-refractivity contribution >= 4 is 34.7 Å². The van der Waals surface area contributed by atoms with Crippen molar-refractivity contribution in [2.24, 2.45) is 0 Å². The number of hydrogen-bond acceptors (Lipinski definition) is 6. The number of morpholine rings is 1. The van der Waals surface area contributed by atoms with Crippen LogP contribution in [0.5, 0.6) is 6.01 Å². The van der Waals surface area contributed by atoms with Crippen LogP contribution in [0.2, 0.25) is 5.02 Å². The van der Waals surface area contributed by atoms with Gasteiger partial charge in [0.2, 0.25) is 0 Å². The summed E-state index contributed by atoms with van der Waals surface area (Å²) in [6.45, 7) is 4.91. The van der Waals surface area contributed by atoms with Crippen molar-refractivity contribution in [2.45, 2.75) is 13.0 Å². The molecule has 27 heavy (non-hydrogen) atoms. The first-order chi connectivity index (χ1) is 13.1. The van der Waals surface area contributed by atoms with Crippen molar-refractivity contribution in [2.75, 3.05) is 31.2 Å². The van der Waals surface area contributed by atoms with Gasteiger partial charge in [0.05, 0.1) is 29.4 Å². The van der Waals surface area contributed by atoms with Crippen LogP contribution in [0.3, 0.4) is 0 Å². The van der Waals surface area contributed by atoms with Crippen LogP contribution < -0.4 is 9.64 Å². The van der Waals surface area contributed by atoms with Crippen LogP contribution in [0.4, 0.5) is 5.69 Å². The van der Waals surface area contributed by atoms with Gasteiger partial charge in [-0.3, -0.25) is 4.79 Å². The number of H-pyrrole nitrogens is 1. The molecule has 1 fully saturated rings. The summed E-state index contributed by atoms with van der Waals surface area (Å²) in [7, 11) is 0. The first kappa shape index (κ1) is 17.8. The van der Waals surface area contributed by atoms with E-state index < -0.39 is 6.10 Å². The fourth-order valence-electron chi connectivity index (χ4n) is 3.01. The number of rotatable bonds is 5. The molecule has 0 spiro atoms. The molecule has 1 saturated heterocycles. The lowest BCUT2D eigenvalue weighted by Crippen LogP contribution is -2.36. The van der Waals surface area contributed by atoms with E-state index in [-0.39, 0.29) is 6.01 Å². The Hall–Kier alpha value is -2.64. The fourth-order valence-corrected chi connectivity index (χ4v) is 3.27. The van der Waals surface area contributed by atoms with Crippen molar-refractivity contribution in [3.05, 3.63) is 35.4 Å². The number of ether oxygens (including phenoxy) is 2. The van der Waals surface area contributed by atoms with Gasteiger partial charge in [0.1, 0.15) is 0 Å². The summed E-state index contributed by atoms with van der Waals surface area (Å²) in [6, 6.07) is 10.1. The van der Waals surface area contributed by atoms with E-state index in [0.29, 0.717) is 28.2 Å². The van der Waals surface area contributed by atoms with E-state index in [0.717, 1.165) is 37.6 Å². The summed E-state index contributed by atoms with van der Waals surface area (Å²) in [6.07, 6.45) is 0.114. The molecule has 0 amide bonds. The second kappa shape index (κ2) is 7.54. The van der Waals surface area contributed by atoms with Gasteiger partial charge in [-0.05, 0) is 25.1 Å². The van der Waals surface area contributed by atoms with E-state index in [2.05, 4.69) is 32.0 Å². The Labute approximate surface area is 161 Å². The molecule has 1 N–H and O–H groups in total. The molecular weight excluding hydrogens is 368 g/mol. The Bertz CT molecular complexity index is 951. The van der Waals surface area contributed by atoms with Crippen molar-refractivity contribution in [3.8, 4) is 17.3 Å². The van der Waals surface area contributed by atoms with E-state index in [4.69, 9.17) is 21.1 Å². The quantitative estimate of drug-likeness (QED) is 0.679. The molecule has 0 saturated carbocycles. The van der Waals surface area contributed by atoms with Crippen LogP contribution >= 0.6 is 11.6 Å². The number of halogens is 1. The largest absolute Gasteiger partial charge is 0.454 e. The normalized spacial score (nSPS) is 15.7. The summed E-state index contributed by atoms with van der Waals surface area (Å²) in [5.41, 5.74) is 3.85. The Balaban J connectivity index is 1.62. The number of aromatic nitrogens is 3. The monoisotopic (exact) mass is 386 g/mol. The summed E-state index contributed by atoms with van der Waals surface area (Å²) in [5, 5.41) is 0.514. The number of hydrogen-bond donors (Lipinski definition) is 1. The van der Waals surface area contributed by atoms with Gasteiger partial charge >= 0.3 is 0 Å². The van der Waals surface area contributed by atoms with Crippen LogP contribution in [0.15, 0.2) is 30.3 Å². The molecule has 0 bridgehead atoms. The Morgan fingerprint density at radius 2 is 2.00 bits per heavy atom. The van der Waals surface area contributed by atoms with E-state index in [1.807, 2.05) is 12.1 Å². The van der Waals surface area contributed by atoms with E-state index in [9.17, 15) is 4.79 Å². The third-order valence-corrected chi connectivity index (χ3v) is 4.70. The molecule has 0 radical (unpaired) electrons. The molecule has 3 heterocycles. The van der Waals surface area contributed by atoms with Crippen LogP contribution in [-0.4, -0.2) is 53.6 Å². The lowest BCUT2D eigenvalue weighted by Gasteiger charge is -2.28. The number of nitrogens with zero attached hydrogens (tertiary/aromatic N) is 3. The molecule has 1 aromatic carbocycles. The van der Waals surface area contributed by atoms with Gasteiger partial charge in [-0.1, -0.05) is 23.7 Å². The number of imidazole rings is 1. The molecular formula is C19H19ClN4O3. The Kier molecular flexibility index (Phi) is 4.96. The fraction of sp³-hybridized carbons (Fsp3) is 0.316. The number of fused-ring (bicyclic) bond motifs is 1. The topological polar surface area (TPSA) is 80.3 Å². The first-order valence-electron chi connectivity index (χ1n) is 8.75. The highest BCUT2D eigenvalue weighted by Gasteiger charge is 2.15. The van der Waals surface area contributed by atoms with Crippen LogP contribution in [0, 0.1) is 0 Å². The van der Waals surface area contributed by atoms with Gasteiger partial charge in [0.25, 0.3) is 6.01 Å². The minimum absolute atomic E-state index is 0.244. The number of benzene rings is 1. The number of pyridine rings is 1. The molecule has 1 aliphatic rings. The van der Waals surface area contributed by atoms with Gasteiger partial charge in [-0.15, -0.1) is 0 Å². The predicted octanol–water partition coefficient (Wildman–Crippen LogP) is 3.08. The van der Waals surface area contributed by atoms with Crippen LogP contribution in [0.1, 0.15) is 6.92 Å². The van der Waals surface area contributed by atoms with Crippen molar-refractivity contribution in [1.82, 2.24) is 15.0 Å². The molecule has 4 rings (SSSR count). The lowest BCUT2D eigenvalue weighted by atomic mass is 10.1. The molecule has 1 aliphatic heterocycles. The number of aromatic amines is 1. The van der Waals surface area contributed by atoms with Crippen molar-refractivity contribution in [1.29, 1.82) is 0 Å². The SMILES string of the molecule is CC(C=O)Oc1nc2nc(-c3ccc(N4CCOCC4)cc3)c(Cl)cc2[nH]1. The molecule has 1 atom stereocenters. The minimum atomic E-state index is -0.590. The maximum Gasteiger partial charge on any atom is 0.296 e. The average molecular weight is 387 g/mol. The van der Waals surface area contributed by atoms with Crippen molar-refractivity contribution in [3.63, 3.8) is 0 Å². The number of nitrogens with one attached hydrogen (secondary N) is 1. The summed E-state index contributed by atoms with van der Waals surface area (Å²) >= 11 is 6.43. The molecule has 2 aromatic heterocycles. The van der Waals surface area contributed by atoms with Crippen LogP contribution in [0.25, 0.3) is 22.4 Å². The molecule has 8 heteroatoms. The average Bonchev–Trinajstić information content (AvgIpc) is 3.09. The van der Waals surface area contributed by atoms with Gasteiger partial charge in [0, 0.05) is 24.3 Å². The molecule has 0 aliphatic carbocycles. The van der Waals surface area contributed by atoms with Crippen LogP contribution in [-0.2, 0) is 9.53 Å². The van der Waals surface area contributed by atoms with E-state index in [1.165, 1.54) is 0 Å². The number of carbonyl (C=O) groups excluding carboxylic acids is 1. The molecule has 3 aromatic rings. The summed E-state index contributed by atoms with van der Waals surface area (Å²) in [5.74, 6) is 0. The third kappa shape index (κ3) is 3.74. The van der Waals surface area contributed by atoms with Gasteiger partial charge < -0.3 is 19.4 Å². The standard InChI is InChI=1S/C19H19ClN4O3/c1-12(11-25)27-19-21-16-10-15(20)17(22-18(16)23-19)13-2-4-14(5-3-13)24-6-8-26-9-7-24/h2-5,10-12H,6-9H2,1H3,(H,21,22,23).